The molecule has 0 aliphatic carbocycles. The number of hydrogen-bond acceptors (Lipinski definition) is 6. The molecule has 0 bridgehead atoms. The predicted octanol–water partition coefficient (Wildman–Crippen LogP) is 3.20. The van der Waals surface area contributed by atoms with E-state index < -0.39 is 5.97 Å². The quantitative estimate of drug-likeness (QED) is 0.464. The molecule has 0 fully saturated rings. The van der Waals surface area contributed by atoms with E-state index in [1.807, 2.05) is 0 Å². The summed E-state index contributed by atoms with van der Waals surface area (Å²) in [5, 5.41) is 0.705. The molecule has 1 aliphatic rings. The van der Waals surface area contributed by atoms with Gasteiger partial charge in [-0.2, -0.15) is 0 Å². The highest BCUT2D eigenvalue weighted by Gasteiger charge is 2.35. The molecule has 2 aromatic carbocycles. The van der Waals surface area contributed by atoms with E-state index in [2.05, 4.69) is 4.98 Å². The summed E-state index contributed by atoms with van der Waals surface area (Å²) >= 11 is 0. The molecule has 8 nitrogen and oxygen atoms in total. The fraction of sp³-hybridized carbons (Fsp3) is 0.261. The highest BCUT2D eigenvalue weighted by molar-refractivity contribution is 6.21. The molecule has 1 aromatic heterocycles. The van der Waals surface area contributed by atoms with Crippen molar-refractivity contribution >= 4 is 28.7 Å². The van der Waals surface area contributed by atoms with Crippen LogP contribution >= 0.6 is 0 Å². The van der Waals surface area contributed by atoms with Gasteiger partial charge in [-0.3, -0.25) is 14.5 Å². The molecular formula is C23H22N2O6. The Kier molecular flexibility index (Phi) is 5.37. The summed E-state index contributed by atoms with van der Waals surface area (Å²) in [5.74, 6) is -0.133. The number of carbonyl (C=O) groups excluding carboxylic acids is 3. The molecule has 31 heavy (non-hydrogen) atoms. The van der Waals surface area contributed by atoms with Crippen LogP contribution in [0.5, 0.6) is 11.5 Å². The van der Waals surface area contributed by atoms with Gasteiger partial charge in [0, 0.05) is 18.0 Å². The Morgan fingerprint density at radius 3 is 2.29 bits per heavy atom. The monoisotopic (exact) mass is 422 g/mol. The summed E-state index contributed by atoms with van der Waals surface area (Å²) in [7, 11) is 3.07. The van der Waals surface area contributed by atoms with Crippen LogP contribution in [-0.4, -0.2) is 55.0 Å². The number of benzene rings is 2. The summed E-state index contributed by atoms with van der Waals surface area (Å²) in [6.45, 7) is 2.06. The number of ether oxygens (including phenoxy) is 3. The van der Waals surface area contributed by atoms with Crippen molar-refractivity contribution in [2.75, 3.05) is 27.4 Å². The predicted molar refractivity (Wildman–Crippen MR) is 113 cm³/mol. The number of H-pyrrole nitrogens is 1. The molecule has 0 saturated carbocycles. The molecule has 0 spiro atoms. The van der Waals surface area contributed by atoms with Gasteiger partial charge in [0.15, 0.2) is 0 Å². The van der Waals surface area contributed by atoms with Gasteiger partial charge in [0.25, 0.3) is 11.8 Å². The van der Waals surface area contributed by atoms with Gasteiger partial charge in [-0.15, -0.1) is 0 Å². The molecule has 160 valence electrons. The van der Waals surface area contributed by atoms with Crippen molar-refractivity contribution in [2.45, 2.75) is 13.3 Å². The maximum absolute atomic E-state index is 12.7. The lowest BCUT2D eigenvalue weighted by molar-refractivity contribution is 0.0519. The van der Waals surface area contributed by atoms with Crippen molar-refractivity contribution in [1.29, 1.82) is 0 Å². The molecule has 1 aliphatic heterocycles. The number of rotatable bonds is 7. The molecular weight excluding hydrogens is 400 g/mol. The van der Waals surface area contributed by atoms with Gasteiger partial charge in [0.2, 0.25) is 0 Å². The lowest BCUT2D eigenvalue weighted by atomic mass is 10.1. The summed E-state index contributed by atoms with van der Waals surface area (Å²) in [5.41, 5.74) is 2.28. The normalized spacial score (nSPS) is 12.9. The Bertz CT molecular complexity index is 1160. The highest BCUT2D eigenvalue weighted by Crippen LogP contribution is 2.35. The van der Waals surface area contributed by atoms with Gasteiger partial charge in [-0.05, 0) is 37.1 Å². The van der Waals surface area contributed by atoms with Crippen LogP contribution in [0, 0.1) is 0 Å². The van der Waals surface area contributed by atoms with E-state index >= 15 is 0 Å². The minimum Gasteiger partial charge on any atom is -0.497 e. The lowest BCUT2D eigenvalue weighted by Gasteiger charge is -2.14. The van der Waals surface area contributed by atoms with Crippen molar-refractivity contribution in [3.8, 4) is 11.5 Å². The van der Waals surface area contributed by atoms with Crippen LogP contribution in [0.15, 0.2) is 36.4 Å². The van der Waals surface area contributed by atoms with Crippen LogP contribution in [-0.2, 0) is 11.2 Å². The molecule has 3 aromatic rings. The maximum atomic E-state index is 12.7. The zero-order chi connectivity index (χ0) is 22.1. The standard InChI is InChI=1S/C23H22N2O6/c1-4-31-23(28)20-14(17-11-13(29-2)12-18(30-3)19(17)24-20)9-10-25-21(26)15-7-5-6-8-16(15)22(25)27/h5-8,11-12,24H,4,9-10H2,1-3H3. The fourth-order valence-electron chi connectivity index (χ4n) is 3.87. The van der Waals surface area contributed by atoms with Gasteiger partial charge in [0.1, 0.15) is 17.2 Å². The molecule has 8 heteroatoms. The average Bonchev–Trinajstić information content (AvgIpc) is 3.27. The first-order valence-corrected chi connectivity index (χ1v) is 9.89. The Hall–Kier alpha value is -3.81. The zero-order valence-corrected chi connectivity index (χ0v) is 17.5. The van der Waals surface area contributed by atoms with Gasteiger partial charge < -0.3 is 19.2 Å². The number of amides is 2. The van der Waals surface area contributed by atoms with Gasteiger partial charge in [-0.25, -0.2) is 4.79 Å². The summed E-state index contributed by atoms with van der Waals surface area (Å²) < 4.78 is 16.0. The number of imide groups is 1. The molecule has 2 heterocycles. The number of esters is 1. The van der Waals surface area contributed by atoms with Crippen molar-refractivity contribution < 1.29 is 28.6 Å². The van der Waals surface area contributed by atoms with Crippen LogP contribution in [0.1, 0.15) is 43.7 Å². The minimum absolute atomic E-state index is 0.116. The number of hydrogen-bond donors (Lipinski definition) is 1. The third-order valence-corrected chi connectivity index (χ3v) is 5.35. The van der Waals surface area contributed by atoms with Crippen molar-refractivity contribution in [3.05, 3.63) is 58.8 Å². The van der Waals surface area contributed by atoms with Crippen molar-refractivity contribution in [3.63, 3.8) is 0 Å². The second-order valence-electron chi connectivity index (χ2n) is 7.01. The van der Waals surface area contributed by atoms with E-state index in [4.69, 9.17) is 14.2 Å². The number of nitrogens with one attached hydrogen (secondary N) is 1. The Labute approximate surface area is 178 Å². The smallest absolute Gasteiger partial charge is 0.355 e. The van der Waals surface area contributed by atoms with Crippen molar-refractivity contribution in [2.24, 2.45) is 0 Å². The summed E-state index contributed by atoms with van der Waals surface area (Å²) in [6.07, 6.45) is 0.260. The van der Waals surface area contributed by atoms with Crippen LogP contribution in [0.4, 0.5) is 0 Å². The highest BCUT2D eigenvalue weighted by atomic mass is 16.5. The van der Waals surface area contributed by atoms with Gasteiger partial charge >= 0.3 is 5.97 Å². The van der Waals surface area contributed by atoms with Gasteiger partial charge in [-0.1, -0.05) is 12.1 Å². The lowest BCUT2D eigenvalue weighted by Crippen LogP contribution is -2.32. The number of methoxy groups -OCH3 is 2. The Morgan fingerprint density at radius 1 is 1.03 bits per heavy atom. The minimum atomic E-state index is -0.517. The molecule has 0 saturated heterocycles. The molecule has 2 amide bonds. The molecule has 0 unspecified atom stereocenters. The number of carbonyl (C=O) groups is 3. The summed E-state index contributed by atoms with van der Waals surface area (Å²) in [4.78, 5) is 42.4. The second kappa shape index (κ2) is 8.14. The first-order chi connectivity index (χ1) is 15.0. The van der Waals surface area contributed by atoms with E-state index in [-0.39, 0.29) is 37.1 Å². The topological polar surface area (TPSA) is 97.9 Å². The van der Waals surface area contributed by atoms with Crippen LogP contribution in [0.25, 0.3) is 10.9 Å². The van der Waals surface area contributed by atoms with Crippen LogP contribution < -0.4 is 9.47 Å². The number of aromatic amines is 1. The summed E-state index contributed by atoms with van der Waals surface area (Å²) in [6, 6.07) is 10.2. The van der Waals surface area contributed by atoms with Gasteiger partial charge in [0.05, 0.1) is 37.5 Å². The van der Waals surface area contributed by atoms with E-state index in [1.165, 1.54) is 19.1 Å². The van der Waals surface area contributed by atoms with E-state index in [9.17, 15) is 14.4 Å². The average molecular weight is 422 g/mol. The number of fused-ring (bicyclic) bond motifs is 2. The molecule has 0 atom stereocenters. The SMILES string of the molecule is CCOC(=O)c1[nH]c2c(OC)cc(OC)cc2c1CCN1C(=O)c2ccccc2C1=O. The second-order valence-corrected chi connectivity index (χ2v) is 7.01. The molecule has 0 radical (unpaired) electrons. The number of aromatic nitrogens is 1. The zero-order valence-electron chi connectivity index (χ0n) is 17.5. The Balaban J connectivity index is 1.74. The van der Waals surface area contributed by atoms with Crippen LogP contribution in [0.3, 0.4) is 0 Å². The first kappa shape index (κ1) is 20.5. The fourth-order valence-corrected chi connectivity index (χ4v) is 3.87. The van der Waals surface area contributed by atoms with E-state index in [0.717, 1.165) is 0 Å². The maximum Gasteiger partial charge on any atom is 0.355 e. The Morgan fingerprint density at radius 2 is 1.71 bits per heavy atom. The third kappa shape index (κ3) is 3.39. The molecule has 1 N–H and O–H groups in total. The number of nitrogens with zero attached hydrogens (tertiary/aromatic N) is 1. The first-order valence-electron chi connectivity index (χ1n) is 9.89. The third-order valence-electron chi connectivity index (χ3n) is 5.35. The van der Waals surface area contributed by atoms with E-state index in [0.29, 0.717) is 39.1 Å². The largest absolute Gasteiger partial charge is 0.497 e. The van der Waals surface area contributed by atoms with Crippen LogP contribution in [0.2, 0.25) is 0 Å². The van der Waals surface area contributed by atoms with E-state index in [1.54, 1.807) is 43.3 Å². The van der Waals surface area contributed by atoms with Crippen molar-refractivity contribution in [1.82, 2.24) is 9.88 Å². The molecule has 4 rings (SSSR count).